The molecule has 0 bridgehead atoms. The number of nitriles is 1. The van der Waals surface area contributed by atoms with Gasteiger partial charge in [-0.15, -0.1) is 0 Å². The Morgan fingerprint density at radius 2 is 2.25 bits per heavy atom. The van der Waals surface area contributed by atoms with Crippen LogP contribution in [0.25, 0.3) is 0 Å². The molecule has 1 aromatic rings. The van der Waals surface area contributed by atoms with Crippen LogP contribution < -0.4 is 0 Å². The second kappa shape index (κ2) is 4.57. The fourth-order valence-electron chi connectivity index (χ4n) is 1.17. The van der Waals surface area contributed by atoms with E-state index < -0.39 is 40.5 Å². The van der Waals surface area contributed by atoms with Gasteiger partial charge in [-0.2, -0.15) is 9.65 Å². The smallest absolute Gasteiger partial charge is 0.258 e. The molecule has 0 aliphatic rings. The molecule has 1 heterocycles. The fraction of sp³-hybridized carbons (Fsp3) is 0.250. The molecule has 0 amide bonds. The molecular formula is C8H4F3N3O2. The molecule has 0 saturated heterocycles. The molecule has 0 aliphatic carbocycles. The third-order valence-electron chi connectivity index (χ3n) is 1.83. The van der Waals surface area contributed by atoms with Crippen molar-refractivity contribution in [2.24, 2.45) is 0 Å². The molecule has 1 aromatic heterocycles. The van der Waals surface area contributed by atoms with Crippen LogP contribution in [-0.4, -0.2) is 9.91 Å². The Morgan fingerprint density at radius 1 is 1.62 bits per heavy atom. The third-order valence-corrected chi connectivity index (χ3v) is 1.83. The van der Waals surface area contributed by atoms with Crippen LogP contribution >= 0.6 is 0 Å². The fourth-order valence-corrected chi connectivity index (χ4v) is 1.17. The van der Waals surface area contributed by atoms with Crippen molar-refractivity contribution >= 4 is 5.69 Å². The highest BCUT2D eigenvalue weighted by Gasteiger charge is 2.27. The van der Waals surface area contributed by atoms with Gasteiger partial charge in [0.05, 0.1) is 28.5 Å². The van der Waals surface area contributed by atoms with E-state index in [-0.39, 0.29) is 0 Å². The lowest BCUT2D eigenvalue weighted by Gasteiger charge is -2.06. The van der Waals surface area contributed by atoms with Crippen molar-refractivity contribution in [2.75, 3.05) is 0 Å². The van der Waals surface area contributed by atoms with Gasteiger partial charge in [-0.25, -0.2) is 13.8 Å². The summed E-state index contributed by atoms with van der Waals surface area (Å²) < 4.78 is 37.8. The summed E-state index contributed by atoms with van der Waals surface area (Å²) in [4.78, 5) is 12.4. The summed E-state index contributed by atoms with van der Waals surface area (Å²) in [6.45, 7) is 0. The minimum Gasteiger partial charge on any atom is -0.258 e. The summed E-state index contributed by atoms with van der Waals surface area (Å²) in [6, 6.07) is 1.47. The lowest BCUT2D eigenvalue weighted by atomic mass is 10.1. The SMILES string of the molecule is N#CCc1c([N+](=O)[O-])cnc(F)c1C(F)F. The first-order chi connectivity index (χ1) is 7.49. The van der Waals surface area contributed by atoms with Crippen molar-refractivity contribution in [2.45, 2.75) is 12.8 Å². The zero-order chi connectivity index (χ0) is 12.3. The molecule has 0 aliphatic heterocycles. The van der Waals surface area contributed by atoms with Crippen LogP contribution in [0.3, 0.4) is 0 Å². The Labute approximate surface area is 87.3 Å². The van der Waals surface area contributed by atoms with Crippen molar-refractivity contribution in [3.63, 3.8) is 0 Å². The highest BCUT2D eigenvalue weighted by Crippen LogP contribution is 2.30. The van der Waals surface area contributed by atoms with Crippen LogP contribution in [0.2, 0.25) is 0 Å². The summed E-state index contributed by atoms with van der Waals surface area (Å²) in [7, 11) is 0. The van der Waals surface area contributed by atoms with Gasteiger partial charge < -0.3 is 0 Å². The number of hydrogen-bond donors (Lipinski definition) is 0. The standard InChI is InChI=1S/C8H4F3N3O2/c9-7(10)6-4(1-2-12)5(14(15)16)3-13-8(6)11/h3,7H,1H2. The van der Waals surface area contributed by atoms with Crippen molar-refractivity contribution in [1.82, 2.24) is 4.98 Å². The number of rotatable bonds is 3. The summed E-state index contributed by atoms with van der Waals surface area (Å²) in [5.74, 6) is -1.49. The first-order valence-corrected chi connectivity index (χ1v) is 3.95. The van der Waals surface area contributed by atoms with Gasteiger partial charge in [0.2, 0.25) is 5.95 Å². The number of pyridine rings is 1. The molecule has 0 fully saturated rings. The summed E-state index contributed by atoms with van der Waals surface area (Å²) in [6.07, 6.45) is -3.40. The maximum absolute atomic E-state index is 12.9. The van der Waals surface area contributed by atoms with E-state index in [9.17, 15) is 23.3 Å². The molecule has 5 nitrogen and oxygen atoms in total. The largest absolute Gasteiger partial charge is 0.292 e. The lowest BCUT2D eigenvalue weighted by molar-refractivity contribution is -0.386. The zero-order valence-electron chi connectivity index (χ0n) is 7.65. The van der Waals surface area contributed by atoms with E-state index in [2.05, 4.69) is 4.98 Å². The molecular weight excluding hydrogens is 227 g/mol. The maximum Gasteiger partial charge on any atom is 0.292 e. The highest BCUT2D eigenvalue weighted by atomic mass is 19.3. The van der Waals surface area contributed by atoms with Crippen LogP contribution in [0.1, 0.15) is 17.6 Å². The maximum atomic E-state index is 12.9. The van der Waals surface area contributed by atoms with Crippen molar-refractivity contribution < 1.29 is 18.1 Å². The molecule has 8 heteroatoms. The number of aromatic nitrogens is 1. The van der Waals surface area contributed by atoms with Crippen LogP contribution in [0.4, 0.5) is 18.9 Å². The molecule has 16 heavy (non-hydrogen) atoms. The topological polar surface area (TPSA) is 79.8 Å². The van der Waals surface area contributed by atoms with Crippen LogP contribution in [-0.2, 0) is 6.42 Å². The first-order valence-electron chi connectivity index (χ1n) is 3.95. The monoisotopic (exact) mass is 231 g/mol. The Bertz CT molecular complexity index is 470. The summed E-state index contributed by atoms with van der Waals surface area (Å²) in [5, 5.41) is 18.8. The minimum atomic E-state index is -3.25. The number of hydrogen-bond acceptors (Lipinski definition) is 4. The van der Waals surface area contributed by atoms with Gasteiger partial charge in [0.1, 0.15) is 6.20 Å². The molecule has 0 atom stereocenters. The van der Waals surface area contributed by atoms with E-state index in [1.807, 2.05) is 0 Å². The zero-order valence-corrected chi connectivity index (χ0v) is 7.65. The van der Waals surface area contributed by atoms with E-state index in [0.29, 0.717) is 6.20 Å². The van der Waals surface area contributed by atoms with Crippen molar-refractivity contribution in [3.8, 4) is 6.07 Å². The van der Waals surface area contributed by atoms with E-state index in [4.69, 9.17) is 5.26 Å². The number of nitro groups is 1. The first kappa shape index (κ1) is 11.9. The molecule has 0 unspecified atom stereocenters. The summed E-state index contributed by atoms with van der Waals surface area (Å²) >= 11 is 0. The van der Waals surface area contributed by atoms with Crippen molar-refractivity contribution in [3.05, 3.63) is 33.4 Å². The second-order valence-electron chi connectivity index (χ2n) is 2.72. The third kappa shape index (κ3) is 2.08. The second-order valence-corrected chi connectivity index (χ2v) is 2.72. The average molecular weight is 231 g/mol. The number of nitrogens with zero attached hydrogens (tertiary/aromatic N) is 3. The summed E-state index contributed by atoms with van der Waals surface area (Å²) in [5.41, 5.74) is -2.59. The lowest BCUT2D eigenvalue weighted by Crippen LogP contribution is -2.05. The molecule has 0 radical (unpaired) electrons. The number of alkyl halides is 2. The molecule has 0 saturated carbocycles. The van der Waals surface area contributed by atoms with Gasteiger partial charge in [0.15, 0.2) is 0 Å². The minimum absolute atomic E-state index is 0.522. The number of halogens is 3. The van der Waals surface area contributed by atoms with Gasteiger partial charge in [-0.1, -0.05) is 0 Å². The molecule has 1 rings (SSSR count). The van der Waals surface area contributed by atoms with Crippen LogP contribution in [0.15, 0.2) is 6.20 Å². The predicted molar refractivity (Wildman–Crippen MR) is 45.1 cm³/mol. The average Bonchev–Trinajstić information content (AvgIpc) is 2.17. The van der Waals surface area contributed by atoms with Crippen LogP contribution in [0, 0.1) is 27.4 Å². The van der Waals surface area contributed by atoms with Gasteiger partial charge in [-0.3, -0.25) is 10.1 Å². The van der Waals surface area contributed by atoms with Crippen molar-refractivity contribution in [1.29, 1.82) is 5.26 Å². The van der Waals surface area contributed by atoms with Gasteiger partial charge >= 0.3 is 0 Å². The molecule has 0 spiro atoms. The van der Waals surface area contributed by atoms with E-state index in [1.54, 1.807) is 0 Å². The van der Waals surface area contributed by atoms with E-state index >= 15 is 0 Å². The van der Waals surface area contributed by atoms with Gasteiger partial charge in [0, 0.05) is 0 Å². The van der Waals surface area contributed by atoms with Gasteiger partial charge in [-0.05, 0) is 0 Å². The predicted octanol–water partition coefficient (Wildman–Crippen LogP) is 2.13. The molecule has 0 aromatic carbocycles. The van der Waals surface area contributed by atoms with Gasteiger partial charge in [0.25, 0.3) is 12.1 Å². The molecule has 0 N–H and O–H groups in total. The Kier molecular flexibility index (Phi) is 3.40. The normalized spacial score (nSPS) is 10.2. The highest BCUT2D eigenvalue weighted by molar-refractivity contribution is 5.45. The van der Waals surface area contributed by atoms with Crippen LogP contribution in [0.5, 0.6) is 0 Å². The van der Waals surface area contributed by atoms with E-state index in [1.165, 1.54) is 6.07 Å². The Morgan fingerprint density at radius 3 is 2.69 bits per heavy atom. The Balaban J connectivity index is 3.50. The van der Waals surface area contributed by atoms with E-state index in [0.717, 1.165) is 0 Å². The quantitative estimate of drug-likeness (QED) is 0.453. The Hall–Kier alpha value is -2.17. The molecule has 84 valence electrons.